The Morgan fingerprint density at radius 1 is 0.762 bits per heavy atom. The Morgan fingerprint density at radius 2 is 1.48 bits per heavy atom. The maximum absolute atomic E-state index is 12.9. The average Bonchev–Trinajstić information content (AvgIpc) is 2.93. The van der Waals surface area contributed by atoms with Crippen LogP contribution >= 0.6 is 0 Å². The molecule has 0 aromatic rings. The smallest absolute Gasteiger partial charge is 0.332 e. The van der Waals surface area contributed by atoms with E-state index in [2.05, 4.69) is 27.7 Å². The molecular weight excluding hydrogens is 532 g/mol. The first kappa shape index (κ1) is 31.9. The topological polar surface area (TPSA) is 110 Å². The lowest BCUT2D eigenvalue weighted by molar-refractivity contribution is -0.236. The molecule has 4 aliphatic carbocycles. The molecule has 10 unspecified atom stereocenters. The minimum Gasteiger partial charge on any atom is -0.481 e. The van der Waals surface area contributed by atoms with Crippen LogP contribution in [-0.2, 0) is 23.9 Å². The Bertz CT molecular complexity index is 1040. The summed E-state index contributed by atoms with van der Waals surface area (Å²) in [5, 5.41) is 20.1. The fraction of sp³-hybridized carbons (Fsp3) is 0.914. The van der Waals surface area contributed by atoms with Crippen molar-refractivity contribution in [3.8, 4) is 0 Å². The number of aliphatic carboxylic acids is 2. The van der Waals surface area contributed by atoms with Gasteiger partial charge in [-0.05, 0) is 124 Å². The predicted molar refractivity (Wildman–Crippen MR) is 160 cm³/mol. The summed E-state index contributed by atoms with van der Waals surface area (Å²) in [5.41, 5.74) is -0.859. The zero-order valence-electron chi connectivity index (χ0n) is 26.8. The van der Waals surface area contributed by atoms with Gasteiger partial charge in [0.25, 0.3) is 0 Å². The van der Waals surface area contributed by atoms with Crippen LogP contribution < -0.4 is 0 Å². The van der Waals surface area contributed by atoms with Crippen LogP contribution in [0.25, 0.3) is 0 Å². The van der Waals surface area contributed by atoms with E-state index in [1.807, 2.05) is 6.92 Å². The van der Waals surface area contributed by atoms with E-state index in [-0.39, 0.29) is 28.3 Å². The summed E-state index contributed by atoms with van der Waals surface area (Å²) >= 11 is 0. The fourth-order valence-corrected chi connectivity index (χ4v) is 10.8. The lowest BCUT2D eigenvalue weighted by atomic mass is 9.36. The van der Waals surface area contributed by atoms with Crippen LogP contribution in [0, 0.1) is 44.8 Å². The van der Waals surface area contributed by atoms with Crippen LogP contribution in [0.2, 0.25) is 0 Å². The molecule has 1 heterocycles. The van der Waals surface area contributed by atoms with E-state index in [0.717, 1.165) is 96.2 Å². The molecule has 2 N–H and O–H groups in total. The lowest BCUT2D eigenvalue weighted by Crippen LogP contribution is -2.62. The van der Waals surface area contributed by atoms with Gasteiger partial charge in [0.1, 0.15) is 6.29 Å². The van der Waals surface area contributed by atoms with Crippen LogP contribution in [0.3, 0.4) is 0 Å². The number of carbonyl (C=O) groups excluding carboxylic acids is 1. The number of hydrogen-bond acceptors (Lipinski definition) is 5. The predicted octanol–water partition coefficient (Wildman–Crippen LogP) is 7.64. The Morgan fingerprint density at radius 3 is 2.17 bits per heavy atom. The summed E-state index contributed by atoms with van der Waals surface area (Å²) in [4.78, 5) is 37.1. The minimum absolute atomic E-state index is 0.0847. The van der Waals surface area contributed by atoms with Crippen molar-refractivity contribution in [3.63, 3.8) is 0 Å². The van der Waals surface area contributed by atoms with Crippen LogP contribution in [0.4, 0.5) is 0 Å². The molecule has 5 fully saturated rings. The van der Waals surface area contributed by atoms with E-state index in [4.69, 9.17) is 9.47 Å². The molecule has 7 heteroatoms. The first-order chi connectivity index (χ1) is 19.7. The lowest BCUT2D eigenvalue weighted by Gasteiger charge is -2.67. The summed E-state index contributed by atoms with van der Waals surface area (Å²) < 4.78 is 12.3. The third-order valence-corrected chi connectivity index (χ3v) is 13.8. The highest BCUT2D eigenvalue weighted by Gasteiger charge is 2.66. The van der Waals surface area contributed by atoms with Gasteiger partial charge in [-0.2, -0.15) is 0 Å². The normalized spacial score (nSPS) is 47.6. The van der Waals surface area contributed by atoms with Crippen LogP contribution in [0.1, 0.15) is 137 Å². The molecule has 4 saturated carbocycles. The van der Waals surface area contributed by atoms with E-state index in [1.54, 1.807) is 0 Å². The fourth-order valence-electron chi connectivity index (χ4n) is 10.8. The van der Waals surface area contributed by atoms with Gasteiger partial charge in [0.05, 0.1) is 11.5 Å². The van der Waals surface area contributed by atoms with Gasteiger partial charge in [-0.25, -0.2) is 4.79 Å². The van der Waals surface area contributed by atoms with E-state index < -0.39 is 35.2 Å². The van der Waals surface area contributed by atoms with E-state index in [1.165, 1.54) is 0 Å². The second-order valence-corrected chi connectivity index (χ2v) is 16.5. The van der Waals surface area contributed by atoms with Gasteiger partial charge in [-0.1, -0.05) is 47.5 Å². The highest BCUT2D eigenvalue weighted by Crippen LogP contribution is 2.71. The number of carboxylic acids is 2. The molecule has 0 bridgehead atoms. The van der Waals surface area contributed by atoms with Gasteiger partial charge >= 0.3 is 11.9 Å². The molecule has 1 aliphatic heterocycles. The molecule has 0 radical (unpaired) electrons. The monoisotopic (exact) mass is 588 g/mol. The Balaban J connectivity index is 1.37. The van der Waals surface area contributed by atoms with Crippen molar-refractivity contribution in [1.82, 2.24) is 0 Å². The summed E-state index contributed by atoms with van der Waals surface area (Å²) in [6, 6.07) is 0. The SMILES string of the molecule is CC1(C)CCC2(C(=O)O)CCC3(C)C(CCC4CCCC(OC5CCCC(C(=O)O)O5)C(C)(C=O)CCCC43C)C2C1. The van der Waals surface area contributed by atoms with Crippen molar-refractivity contribution in [2.45, 2.75) is 156 Å². The molecule has 0 spiro atoms. The number of ether oxygens (including phenoxy) is 2. The first-order valence-corrected chi connectivity index (χ1v) is 16.9. The van der Waals surface area contributed by atoms with Crippen molar-refractivity contribution in [1.29, 1.82) is 0 Å². The van der Waals surface area contributed by atoms with Crippen molar-refractivity contribution < 1.29 is 34.1 Å². The number of fused-ring (bicyclic) bond motifs is 5. The second-order valence-electron chi connectivity index (χ2n) is 16.5. The third kappa shape index (κ3) is 5.37. The standard InChI is InChI=1S/C35H56O7/c1-31(2)17-19-35(30(39)40)20-18-34(5)24(25(35)21-31)14-13-23-9-6-11-27(32(3,22-36)15-8-16-33(23,34)4)42-28-12-7-10-26(41-28)29(37)38/h22-28H,6-21H2,1-5H3,(H,37,38)(H,39,40). The number of hydrogen-bond donors (Lipinski definition) is 2. The molecule has 238 valence electrons. The summed E-state index contributed by atoms with van der Waals surface area (Å²) in [6.45, 7) is 11.7. The Hall–Kier alpha value is -1.47. The largest absolute Gasteiger partial charge is 0.481 e. The maximum atomic E-state index is 12.9. The number of carboxylic acid groups (broad SMARTS) is 2. The zero-order valence-corrected chi connectivity index (χ0v) is 26.8. The van der Waals surface area contributed by atoms with E-state index >= 15 is 0 Å². The van der Waals surface area contributed by atoms with Crippen LogP contribution in [-0.4, -0.2) is 46.9 Å². The van der Waals surface area contributed by atoms with E-state index in [0.29, 0.717) is 24.7 Å². The van der Waals surface area contributed by atoms with Gasteiger partial charge in [0.2, 0.25) is 0 Å². The van der Waals surface area contributed by atoms with Gasteiger partial charge in [0, 0.05) is 5.41 Å². The number of aldehydes is 1. The third-order valence-electron chi connectivity index (χ3n) is 13.8. The van der Waals surface area contributed by atoms with Crippen molar-refractivity contribution in [2.24, 2.45) is 44.8 Å². The van der Waals surface area contributed by atoms with Crippen molar-refractivity contribution in [2.75, 3.05) is 0 Å². The summed E-state index contributed by atoms with van der Waals surface area (Å²) in [6.07, 6.45) is 13.6. The molecule has 5 aliphatic rings. The molecule has 5 rings (SSSR count). The summed E-state index contributed by atoms with van der Waals surface area (Å²) in [5.74, 6) is -0.293. The highest BCUT2D eigenvalue weighted by molar-refractivity contribution is 5.75. The number of carbonyl (C=O) groups is 3. The van der Waals surface area contributed by atoms with E-state index in [9.17, 15) is 24.6 Å². The molecule has 42 heavy (non-hydrogen) atoms. The number of rotatable bonds is 5. The average molecular weight is 589 g/mol. The molecule has 0 aromatic heterocycles. The second kappa shape index (κ2) is 11.5. The molecule has 10 atom stereocenters. The van der Waals surface area contributed by atoms with Gasteiger partial charge in [-0.15, -0.1) is 0 Å². The summed E-state index contributed by atoms with van der Waals surface area (Å²) in [7, 11) is 0. The molecular formula is C35H56O7. The van der Waals surface area contributed by atoms with Crippen LogP contribution in [0.5, 0.6) is 0 Å². The quantitative estimate of drug-likeness (QED) is 0.318. The van der Waals surface area contributed by atoms with Crippen molar-refractivity contribution in [3.05, 3.63) is 0 Å². The molecule has 0 aromatic carbocycles. The minimum atomic E-state index is -0.948. The Labute approximate surface area is 252 Å². The maximum Gasteiger partial charge on any atom is 0.332 e. The molecule has 7 nitrogen and oxygen atoms in total. The van der Waals surface area contributed by atoms with Gasteiger partial charge in [0.15, 0.2) is 12.4 Å². The van der Waals surface area contributed by atoms with Gasteiger partial charge < -0.3 is 24.5 Å². The Kier molecular flexibility index (Phi) is 8.72. The molecule has 0 amide bonds. The van der Waals surface area contributed by atoms with Gasteiger partial charge in [-0.3, -0.25) is 4.79 Å². The van der Waals surface area contributed by atoms with Crippen LogP contribution in [0.15, 0.2) is 0 Å². The zero-order chi connectivity index (χ0) is 30.6. The van der Waals surface area contributed by atoms with Crippen molar-refractivity contribution >= 4 is 18.2 Å². The first-order valence-electron chi connectivity index (χ1n) is 16.9. The highest BCUT2D eigenvalue weighted by atomic mass is 16.7. The molecule has 1 saturated heterocycles.